The fourth-order valence-electron chi connectivity index (χ4n) is 2.64. The molecule has 0 bridgehead atoms. The number of hydrogen-bond acceptors (Lipinski definition) is 2. The van der Waals surface area contributed by atoms with Crippen molar-refractivity contribution in [2.45, 2.75) is 19.8 Å². The lowest BCUT2D eigenvalue weighted by Crippen LogP contribution is -2.00. The predicted octanol–water partition coefficient (Wildman–Crippen LogP) is 4.67. The minimum absolute atomic E-state index is 0.431. The number of aromatic nitrogens is 2. The van der Waals surface area contributed by atoms with E-state index in [2.05, 4.69) is 53.7 Å². The van der Waals surface area contributed by atoms with Crippen molar-refractivity contribution in [2.75, 3.05) is 7.11 Å². The van der Waals surface area contributed by atoms with Gasteiger partial charge in [-0.2, -0.15) is 0 Å². The topological polar surface area (TPSA) is 27.1 Å². The van der Waals surface area contributed by atoms with Gasteiger partial charge in [-0.3, -0.25) is 4.57 Å². The molecule has 1 aromatic heterocycles. The summed E-state index contributed by atoms with van der Waals surface area (Å²) in [5.74, 6) is 2.28. The zero-order valence-corrected chi connectivity index (χ0v) is 13.2. The highest BCUT2D eigenvalue weighted by Crippen LogP contribution is 2.30. The molecule has 0 N–H and O–H groups in total. The maximum Gasteiger partial charge on any atom is 0.144 e. The Hall–Kier alpha value is -2.55. The van der Waals surface area contributed by atoms with Gasteiger partial charge in [-0.25, -0.2) is 4.98 Å². The quantitative estimate of drug-likeness (QED) is 0.698. The summed E-state index contributed by atoms with van der Waals surface area (Å²) in [5.41, 5.74) is 3.37. The van der Waals surface area contributed by atoms with E-state index in [1.165, 1.54) is 5.56 Å². The molecule has 22 heavy (non-hydrogen) atoms. The summed E-state index contributed by atoms with van der Waals surface area (Å²) >= 11 is 0. The van der Waals surface area contributed by atoms with Gasteiger partial charge in [0.2, 0.25) is 0 Å². The lowest BCUT2D eigenvalue weighted by Gasteiger charge is -2.15. The van der Waals surface area contributed by atoms with E-state index < -0.39 is 0 Å². The molecule has 0 amide bonds. The Morgan fingerprint density at radius 3 is 2.50 bits per heavy atom. The number of rotatable bonds is 4. The third kappa shape index (κ3) is 2.62. The minimum atomic E-state index is 0.431. The van der Waals surface area contributed by atoms with E-state index in [1.54, 1.807) is 7.11 Å². The van der Waals surface area contributed by atoms with Gasteiger partial charge in [0, 0.05) is 24.0 Å². The number of methoxy groups -OCH3 is 1. The summed E-state index contributed by atoms with van der Waals surface area (Å²) in [5, 5.41) is 0. The van der Waals surface area contributed by atoms with E-state index in [-0.39, 0.29) is 0 Å². The second kappa shape index (κ2) is 6.06. The van der Waals surface area contributed by atoms with Gasteiger partial charge in [-0.1, -0.05) is 50.2 Å². The van der Waals surface area contributed by atoms with Gasteiger partial charge in [0.1, 0.15) is 11.6 Å². The lowest BCUT2D eigenvalue weighted by atomic mass is 10.0. The Labute approximate surface area is 131 Å². The third-order valence-electron chi connectivity index (χ3n) is 3.79. The molecular weight excluding hydrogens is 272 g/mol. The molecular formula is C19H20N2O. The third-order valence-corrected chi connectivity index (χ3v) is 3.79. The largest absolute Gasteiger partial charge is 0.496 e. The van der Waals surface area contributed by atoms with Gasteiger partial charge in [0.05, 0.1) is 12.8 Å². The second-order valence-electron chi connectivity index (χ2n) is 5.57. The Balaban J connectivity index is 2.08. The molecule has 3 heteroatoms. The standard InChI is InChI=1S/C19H20N2O/c1-14(2)17-10-9-16(13-18(17)22-3)21-12-11-20-19(21)15-7-5-4-6-8-15/h4-14H,1-3H3. The summed E-state index contributed by atoms with van der Waals surface area (Å²) in [7, 11) is 1.72. The van der Waals surface area contributed by atoms with E-state index in [0.717, 1.165) is 22.8 Å². The van der Waals surface area contributed by atoms with Crippen LogP contribution in [-0.2, 0) is 0 Å². The molecule has 0 saturated heterocycles. The molecule has 112 valence electrons. The van der Waals surface area contributed by atoms with Crippen LogP contribution in [0.15, 0.2) is 60.9 Å². The monoisotopic (exact) mass is 292 g/mol. The van der Waals surface area contributed by atoms with Crippen LogP contribution >= 0.6 is 0 Å². The van der Waals surface area contributed by atoms with Crippen LogP contribution in [0.3, 0.4) is 0 Å². The molecule has 0 spiro atoms. The first kappa shape index (κ1) is 14.4. The van der Waals surface area contributed by atoms with E-state index in [1.807, 2.05) is 30.6 Å². The molecule has 0 aliphatic carbocycles. The van der Waals surface area contributed by atoms with Crippen LogP contribution in [0.5, 0.6) is 5.75 Å². The summed E-state index contributed by atoms with van der Waals surface area (Å²) in [6, 6.07) is 16.5. The normalized spacial score (nSPS) is 10.9. The Kier molecular flexibility index (Phi) is 3.96. The Morgan fingerprint density at radius 2 is 1.82 bits per heavy atom. The highest BCUT2D eigenvalue weighted by Gasteiger charge is 2.12. The van der Waals surface area contributed by atoms with Crippen molar-refractivity contribution in [2.24, 2.45) is 0 Å². The molecule has 0 unspecified atom stereocenters. The van der Waals surface area contributed by atoms with Crippen LogP contribution < -0.4 is 4.74 Å². The van der Waals surface area contributed by atoms with E-state index >= 15 is 0 Å². The van der Waals surface area contributed by atoms with Gasteiger partial charge in [-0.05, 0) is 17.5 Å². The van der Waals surface area contributed by atoms with Gasteiger partial charge >= 0.3 is 0 Å². The Morgan fingerprint density at radius 1 is 1.05 bits per heavy atom. The minimum Gasteiger partial charge on any atom is -0.496 e. The summed E-state index contributed by atoms with van der Waals surface area (Å²) < 4.78 is 7.64. The van der Waals surface area contributed by atoms with Crippen molar-refractivity contribution in [3.63, 3.8) is 0 Å². The van der Waals surface area contributed by atoms with Crippen LogP contribution in [-0.4, -0.2) is 16.7 Å². The average molecular weight is 292 g/mol. The number of ether oxygens (including phenoxy) is 1. The molecule has 0 aliphatic heterocycles. The van der Waals surface area contributed by atoms with Crippen LogP contribution in [0, 0.1) is 0 Å². The van der Waals surface area contributed by atoms with Crippen LogP contribution in [0.1, 0.15) is 25.3 Å². The SMILES string of the molecule is COc1cc(-n2ccnc2-c2ccccc2)ccc1C(C)C. The first-order valence-electron chi connectivity index (χ1n) is 7.48. The van der Waals surface area contributed by atoms with Crippen molar-refractivity contribution in [1.29, 1.82) is 0 Å². The molecule has 0 fully saturated rings. The van der Waals surface area contributed by atoms with E-state index in [9.17, 15) is 0 Å². The molecule has 3 nitrogen and oxygen atoms in total. The molecule has 0 saturated carbocycles. The first-order valence-corrected chi connectivity index (χ1v) is 7.48. The van der Waals surface area contributed by atoms with Crippen LogP contribution in [0.4, 0.5) is 0 Å². The molecule has 0 atom stereocenters. The van der Waals surface area contributed by atoms with Gasteiger partial charge in [-0.15, -0.1) is 0 Å². The molecule has 0 aliphatic rings. The van der Waals surface area contributed by atoms with Crippen molar-refractivity contribution in [3.8, 4) is 22.8 Å². The van der Waals surface area contributed by atoms with Crippen molar-refractivity contribution in [3.05, 3.63) is 66.5 Å². The van der Waals surface area contributed by atoms with Crippen molar-refractivity contribution >= 4 is 0 Å². The van der Waals surface area contributed by atoms with Gasteiger partial charge in [0.25, 0.3) is 0 Å². The summed E-state index contributed by atoms with van der Waals surface area (Å²) in [4.78, 5) is 4.50. The maximum absolute atomic E-state index is 5.56. The highest BCUT2D eigenvalue weighted by molar-refractivity contribution is 5.59. The van der Waals surface area contributed by atoms with Crippen LogP contribution in [0.25, 0.3) is 17.1 Å². The molecule has 3 aromatic rings. The second-order valence-corrected chi connectivity index (χ2v) is 5.57. The zero-order chi connectivity index (χ0) is 15.5. The van der Waals surface area contributed by atoms with Crippen LogP contribution in [0.2, 0.25) is 0 Å². The smallest absolute Gasteiger partial charge is 0.144 e. The predicted molar refractivity (Wildman–Crippen MR) is 89.6 cm³/mol. The first-order chi connectivity index (χ1) is 10.7. The lowest BCUT2D eigenvalue weighted by molar-refractivity contribution is 0.407. The van der Waals surface area contributed by atoms with Crippen molar-refractivity contribution in [1.82, 2.24) is 9.55 Å². The fraction of sp³-hybridized carbons (Fsp3) is 0.211. The van der Waals surface area contributed by atoms with Crippen molar-refractivity contribution < 1.29 is 4.74 Å². The summed E-state index contributed by atoms with van der Waals surface area (Å²) in [6.45, 7) is 4.34. The fourth-order valence-corrected chi connectivity index (χ4v) is 2.64. The van der Waals surface area contributed by atoms with E-state index in [0.29, 0.717) is 5.92 Å². The zero-order valence-electron chi connectivity index (χ0n) is 13.2. The molecule has 0 radical (unpaired) electrons. The average Bonchev–Trinajstić information content (AvgIpc) is 3.04. The highest BCUT2D eigenvalue weighted by atomic mass is 16.5. The number of benzene rings is 2. The maximum atomic E-state index is 5.56. The molecule has 1 heterocycles. The molecule has 2 aromatic carbocycles. The van der Waals surface area contributed by atoms with E-state index in [4.69, 9.17) is 4.74 Å². The number of imidazole rings is 1. The molecule has 3 rings (SSSR count). The summed E-state index contributed by atoms with van der Waals surface area (Å²) in [6.07, 6.45) is 3.80. The van der Waals surface area contributed by atoms with Gasteiger partial charge in [0.15, 0.2) is 0 Å². The number of hydrogen-bond donors (Lipinski definition) is 0. The van der Waals surface area contributed by atoms with Gasteiger partial charge < -0.3 is 4.74 Å². The Bertz CT molecular complexity index is 760. The number of nitrogens with zero attached hydrogens (tertiary/aromatic N) is 2.